The van der Waals surface area contributed by atoms with Crippen LogP contribution in [0, 0.1) is 5.92 Å². The number of halogens is 1. The second-order valence-electron chi connectivity index (χ2n) is 5.22. The second kappa shape index (κ2) is 6.22. The first-order chi connectivity index (χ1) is 10.2. The quantitative estimate of drug-likeness (QED) is 0.948. The van der Waals surface area contributed by atoms with Gasteiger partial charge in [0.15, 0.2) is 5.15 Å². The Morgan fingerprint density at radius 1 is 1.24 bits per heavy atom. The van der Waals surface area contributed by atoms with E-state index in [2.05, 4.69) is 33.5 Å². The van der Waals surface area contributed by atoms with Crippen LogP contribution in [0.15, 0.2) is 36.7 Å². The van der Waals surface area contributed by atoms with Gasteiger partial charge >= 0.3 is 0 Å². The number of carbonyl (C=O) groups is 1. The highest BCUT2D eigenvalue weighted by Crippen LogP contribution is 2.25. The van der Waals surface area contributed by atoms with Gasteiger partial charge in [-0.3, -0.25) is 9.78 Å². The highest BCUT2D eigenvalue weighted by atomic mass is 35.5. The second-order valence-corrected chi connectivity index (χ2v) is 5.58. The van der Waals surface area contributed by atoms with Crippen molar-refractivity contribution in [1.29, 1.82) is 0 Å². The Hall–Kier alpha value is -1.94. The van der Waals surface area contributed by atoms with Crippen LogP contribution >= 0.6 is 11.6 Å². The maximum Gasteiger partial charge on any atom is 0.223 e. The molecule has 1 N–H and O–H groups in total. The molecule has 21 heavy (non-hydrogen) atoms. The summed E-state index contributed by atoms with van der Waals surface area (Å²) in [7, 11) is 0. The predicted molar refractivity (Wildman–Crippen MR) is 80.8 cm³/mol. The minimum atomic E-state index is 0.0235. The summed E-state index contributed by atoms with van der Waals surface area (Å²) < 4.78 is 0. The monoisotopic (exact) mass is 301 g/mol. The van der Waals surface area contributed by atoms with Crippen LogP contribution in [0.4, 0.5) is 0 Å². The van der Waals surface area contributed by atoms with Crippen LogP contribution in [0.3, 0.4) is 0 Å². The summed E-state index contributed by atoms with van der Waals surface area (Å²) in [5.41, 5.74) is 3.24. The summed E-state index contributed by atoms with van der Waals surface area (Å²) in [4.78, 5) is 20.4. The van der Waals surface area contributed by atoms with Gasteiger partial charge in [-0.2, -0.15) is 0 Å². The molecule has 1 aromatic carbocycles. The number of fused-ring (bicyclic) bond motifs is 1. The number of nitrogens with one attached hydrogen (secondary N) is 1. The molecule has 2 aromatic rings. The van der Waals surface area contributed by atoms with Crippen molar-refractivity contribution in [3.05, 3.63) is 58.6 Å². The van der Waals surface area contributed by atoms with E-state index in [1.54, 1.807) is 6.20 Å². The lowest BCUT2D eigenvalue weighted by molar-refractivity contribution is -0.125. The molecule has 0 saturated carbocycles. The van der Waals surface area contributed by atoms with Crippen LogP contribution in [0.25, 0.3) is 0 Å². The van der Waals surface area contributed by atoms with E-state index in [0.717, 1.165) is 19.3 Å². The number of rotatable bonds is 3. The molecule has 0 bridgehead atoms. The topological polar surface area (TPSA) is 54.9 Å². The van der Waals surface area contributed by atoms with Crippen LogP contribution in [-0.2, 0) is 24.2 Å². The molecule has 1 aromatic heterocycles. The first-order valence-corrected chi connectivity index (χ1v) is 7.41. The number of hydrogen-bond donors (Lipinski definition) is 1. The number of aryl methyl sites for hydroxylation is 1. The van der Waals surface area contributed by atoms with Gasteiger partial charge in [-0.15, -0.1) is 0 Å². The maximum atomic E-state index is 12.3. The number of benzene rings is 1. The third-order valence-electron chi connectivity index (χ3n) is 3.87. The number of aromatic nitrogens is 2. The normalized spacial score (nSPS) is 17.1. The van der Waals surface area contributed by atoms with Gasteiger partial charge in [-0.05, 0) is 30.4 Å². The molecule has 108 valence electrons. The van der Waals surface area contributed by atoms with E-state index in [0.29, 0.717) is 17.4 Å². The number of amides is 1. The summed E-state index contributed by atoms with van der Waals surface area (Å²) in [6.07, 6.45) is 5.75. The largest absolute Gasteiger partial charge is 0.350 e. The van der Waals surface area contributed by atoms with Gasteiger partial charge in [0, 0.05) is 18.3 Å². The van der Waals surface area contributed by atoms with Gasteiger partial charge in [-0.1, -0.05) is 35.9 Å². The molecule has 1 amide bonds. The van der Waals surface area contributed by atoms with Crippen molar-refractivity contribution >= 4 is 17.5 Å². The minimum Gasteiger partial charge on any atom is -0.350 e. The Morgan fingerprint density at radius 2 is 2.00 bits per heavy atom. The lowest BCUT2D eigenvalue weighted by Crippen LogP contribution is -2.34. The molecule has 1 unspecified atom stereocenters. The fraction of sp³-hybridized carbons (Fsp3) is 0.312. The molecule has 0 fully saturated rings. The fourth-order valence-electron chi connectivity index (χ4n) is 2.71. The zero-order valence-electron chi connectivity index (χ0n) is 11.6. The van der Waals surface area contributed by atoms with Gasteiger partial charge in [0.1, 0.15) is 0 Å². The first kappa shape index (κ1) is 14.0. The number of hydrogen-bond acceptors (Lipinski definition) is 3. The van der Waals surface area contributed by atoms with Crippen LogP contribution in [0.1, 0.15) is 23.2 Å². The minimum absolute atomic E-state index is 0.0235. The molecule has 1 atom stereocenters. The Morgan fingerprint density at radius 3 is 2.81 bits per heavy atom. The van der Waals surface area contributed by atoms with E-state index in [9.17, 15) is 4.79 Å². The van der Waals surface area contributed by atoms with Crippen LogP contribution < -0.4 is 5.32 Å². The molecule has 0 radical (unpaired) electrons. The Labute approximate surface area is 128 Å². The zero-order valence-corrected chi connectivity index (χ0v) is 12.3. The van der Waals surface area contributed by atoms with Gasteiger partial charge in [0.25, 0.3) is 0 Å². The molecule has 1 heterocycles. The molecule has 0 saturated heterocycles. The van der Waals surface area contributed by atoms with E-state index in [4.69, 9.17) is 11.6 Å². The summed E-state index contributed by atoms with van der Waals surface area (Å²) in [6, 6.07) is 8.32. The summed E-state index contributed by atoms with van der Waals surface area (Å²) in [5.74, 6) is 0.0848. The highest BCUT2D eigenvalue weighted by molar-refractivity contribution is 6.29. The molecular weight excluding hydrogens is 286 g/mol. The molecule has 1 aliphatic carbocycles. The van der Waals surface area contributed by atoms with Crippen molar-refractivity contribution in [2.45, 2.75) is 25.8 Å². The van der Waals surface area contributed by atoms with Crippen molar-refractivity contribution in [1.82, 2.24) is 15.3 Å². The SMILES string of the molecule is O=C(NCc1nccnc1Cl)C1CCc2ccccc2C1. The van der Waals surface area contributed by atoms with Gasteiger partial charge in [0.2, 0.25) is 5.91 Å². The smallest absolute Gasteiger partial charge is 0.223 e. The van der Waals surface area contributed by atoms with Crippen LogP contribution in [0.5, 0.6) is 0 Å². The lowest BCUT2D eigenvalue weighted by atomic mass is 9.83. The summed E-state index contributed by atoms with van der Waals surface area (Å²) in [5, 5.41) is 3.25. The molecule has 3 rings (SSSR count). The van der Waals surface area contributed by atoms with E-state index < -0.39 is 0 Å². The standard InChI is InChI=1S/C16H16ClN3O/c17-15-14(18-7-8-19-15)10-20-16(21)13-6-5-11-3-1-2-4-12(11)9-13/h1-4,7-8,13H,5-6,9-10H2,(H,20,21). The Bertz CT molecular complexity index is 659. The third-order valence-corrected chi connectivity index (χ3v) is 4.19. The van der Waals surface area contributed by atoms with Gasteiger partial charge in [0.05, 0.1) is 12.2 Å². The molecule has 0 aliphatic heterocycles. The summed E-state index contributed by atoms with van der Waals surface area (Å²) in [6.45, 7) is 0.323. The predicted octanol–water partition coefficient (Wildman–Crippen LogP) is 2.55. The van der Waals surface area contributed by atoms with Crippen LogP contribution in [-0.4, -0.2) is 15.9 Å². The maximum absolute atomic E-state index is 12.3. The van der Waals surface area contributed by atoms with Gasteiger partial charge in [-0.25, -0.2) is 4.98 Å². The molecule has 1 aliphatic rings. The molecule has 5 heteroatoms. The number of nitrogens with zero attached hydrogens (tertiary/aromatic N) is 2. The van der Waals surface area contributed by atoms with Crippen molar-refractivity contribution in [2.75, 3.05) is 0 Å². The Kier molecular flexibility index (Phi) is 4.15. The highest BCUT2D eigenvalue weighted by Gasteiger charge is 2.24. The van der Waals surface area contributed by atoms with E-state index in [-0.39, 0.29) is 11.8 Å². The van der Waals surface area contributed by atoms with E-state index in [1.165, 1.54) is 17.3 Å². The third kappa shape index (κ3) is 3.22. The summed E-state index contributed by atoms with van der Waals surface area (Å²) >= 11 is 5.94. The van der Waals surface area contributed by atoms with Crippen molar-refractivity contribution in [2.24, 2.45) is 5.92 Å². The molecule has 0 spiro atoms. The van der Waals surface area contributed by atoms with Gasteiger partial charge < -0.3 is 5.32 Å². The zero-order chi connectivity index (χ0) is 14.7. The van der Waals surface area contributed by atoms with E-state index in [1.807, 2.05) is 6.07 Å². The van der Waals surface area contributed by atoms with Crippen molar-refractivity contribution in [3.8, 4) is 0 Å². The molecular formula is C16H16ClN3O. The van der Waals surface area contributed by atoms with Crippen molar-refractivity contribution < 1.29 is 4.79 Å². The Balaban J connectivity index is 1.61. The lowest BCUT2D eigenvalue weighted by Gasteiger charge is -2.23. The van der Waals surface area contributed by atoms with Crippen molar-refractivity contribution in [3.63, 3.8) is 0 Å². The fourth-order valence-corrected chi connectivity index (χ4v) is 2.88. The van der Waals surface area contributed by atoms with E-state index >= 15 is 0 Å². The average Bonchev–Trinajstić information content (AvgIpc) is 2.53. The molecule has 4 nitrogen and oxygen atoms in total. The number of carbonyl (C=O) groups excluding carboxylic acids is 1. The average molecular weight is 302 g/mol. The van der Waals surface area contributed by atoms with Crippen LogP contribution in [0.2, 0.25) is 5.15 Å². The first-order valence-electron chi connectivity index (χ1n) is 7.04.